The molecule has 8 amide bonds. The summed E-state index contributed by atoms with van der Waals surface area (Å²) in [5.74, 6) is -6.68. The number of hydrogen-bond donors (Lipinski definition) is 16. The van der Waals surface area contributed by atoms with E-state index in [0.29, 0.717) is 74.7 Å². The number of halogens is 3. The van der Waals surface area contributed by atoms with Crippen LogP contribution in [0.15, 0.2) is 94.9 Å². The van der Waals surface area contributed by atoms with Crippen LogP contribution < -0.4 is 77.8 Å². The number of hydrogen-bond acceptors (Lipinski definition) is 18. The first-order chi connectivity index (χ1) is 49.7. The number of alkyl carbamates (subject to hydrolysis) is 2. The van der Waals surface area contributed by atoms with Gasteiger partial charge in [-0.2, -0.15) is 0 Å². The summed E-state index contributed by atoms with van der Waals surface area (Å²) in [5, 5.41) is 36.7. The summed E-state index contributed by atoms with van der Waals surface area (Å²) >= 11 is 0. The standard InChI is InChI=1S/C43H66N8O9.C33H50N8O5.3ClH/c1-26-21-30(52)22-27(2)31(26)24-29(25-35(53)32(18-14-20-47-39(45)46)51-41(58)60-43(6,7)8)37(55)49-33(17-12-13-19-48-40(57)59-42(3,4)5)38(56)50-34(36(44)54)23-28-15-10-9-11-16-28;1-20-15-24(42)16-21(2)25(20)18-23(19-29(43)26(35)11-8-14-39-33(37)38)31(45)40-27(12-6-7-13-34)32(46)41-28(30(36)44)17-22-9-4-3-5-10-22;;;/h9-11,15-16,21-22,29,32-34,52H,12-14,17-20,23-25H2,1-8H3,(H2,44,54)(H,48,57)(H,49,55)(H,50,56)(H,51,58)(H4,45,46,47);3-5,9-10,15-16,23,26-28,42H,6-8,11-14,17-19,34-35H2,1-2H3,(H2,36,44)(H,40,45)(H,41,46)(H4,37,38,39);3*1H/t29-,32-,33+,34+;23-,26-,27+,28+;;;/m11.../s1. The molecule has 4 aromatic rings. The molecule has 608 valence electrons. The number of Topliss-reactive ketones (excluding diaryl/α,β-unsaturated/α-hetero) is 2. The van der Waals surface area contributed by atoms with Gasteiger partial charge in [0.25, 0.3) is 0 Å². The second kappa shape index (κ2) is 50.3. The molecule has 4 aromatic carbocycles. The molecule has 0 aliphatic carbocycles. The summed E-state index contributed by atoms with van der Waals surface area (Å²) in [6.45, 7) is 18.6. The van der Waals surface area contributed by atoms with Crippen molar-refractivity contribution in [1.29, 1.82) is 0 Å². The number of carbonyl (C=O) groups excluding carboxylic acids is 10. The first-order valence-electron chi connectivity index (χ1n) is 35.8. The summed E-state index contributed by atoms with van der Waals surface area (Å²) in [5.41, 5.74) is 49.3. The molecule has 0 spiro atoms. The van der Waals surface area contributed by atoms with Gasteiger partial charge >= 0.3 is 12.2 Å². The number of carbonyl (C=O) groups is 10. The van der Waals surface area contributed by atoms with Crippen LogP contribution in [0.4, 0.5) is 9.59 Å². The first-order valence-corrected chi connectivity index (χ1v) is 35.8. The Hall–Kier alpha value is -9.49. The molecule has 0 unspecified atom stereocenters. The molecule has 30 nitrogen and oxygen atoms in total. The molecule has 8 atom stereocenters. The van der Waals surface area contributed by atoms with Crippen LogP contribution in [0.1, 0.15) is 163 Å². The highest BCUT2D eigenvalue weighted by Crippen LogP contribution is 2.28. The molecule has 0 aromatic heterocycles. The molecule has 24 N–H and O–H groups in total. The Bertz CT molecular complexity index is 3580. The zero-order valence-corrected chi connectivity index (χ0v) is 66.8. The number of nitrogens with one attached hydrogen (secondary N) is 6. The van der Waals surface area contributed by atoms with Crippen LogP contribution in [0.25, 0.3) is 0 Å². The third-order valence-corrected chi connectivity index (χ3v) is 17.0. The Morgan fingerprint density at radius 2 is 0.798 bits per heavy atom. The number of rotatable bonds is 42. The number of amides is 8. The molecular formula is C76H119Cl3N16O14. The largest absolute Gasteiger partial charge is 0.508 e. The van der Waals surface area contributed by atoms with Crippen molar-refractivity contribution >= 4 is 108 Å². The van der Waals surface area contributed by atoms with Gasteiger partial charge in [0.15, 0.2) is 17.7 Å². The van der Waals surface area contributed by atoms with Gasteiger partial charge in [0.2, 0.25) is 35.4 Å². The highest BCUT2D eigenvalue weighted by Gasteiger charge is 2.35. The van der Waals surface area contributed by atoms with Gasteiger partial charge in [0, 0.05) is 57.2 Å². The minimum atomic E-state index is -1.19. The van der Waals surface area contributed by atoms with Crippen LogP contribution in [-0.2, 0) is 73.5 Å². The van der Waals surface area contributed by atoms with E-state index in [1.807, 2.05) is 50.2 Å². The van der Waals surface area contributed by atoms with Crippen LogP contribution in [-0.4, -0.2) is 155 Å². The SMILES string of the molecule is Cc1cc(O)cc(C)c1C[C@H](CC(=O)[C@@H](CCCN=C(N)N)NC(=O)OC(C)(C)C)C(=O)N[C@@H](CCCCNC(=O)OC(C)(C)C)C(=O)N[C@@H](Cc1ccccc1)C(N)=O.Cc1cc(O)cc(C)c1C[C@H](CC(=O)[C@H](N)CCCN=C(N)N)C(=O)N[C@@H](CCCCN)C(=O)N[C@@H](Cc1ccccc1)C(N)=O.Cl.Cl.Cl. The van der Waals surface area contributed by atoms with E-state index < -0.39 is 113 Å². The van der Waals surface area contributed by atoms with Gasteiger partial charge in [0.1, 0.15) is 52.7 Å². The van der Waals surface area contributed by atoms with Crippen molar-refractivity contribution in [3.8, 4) is 11.5 Å². The van der Waals surface area contributed by atoms with Crippen molar-refractivity contribution in [1.82, 2.24) is 31.9 Å². The van der Waals surface area contributed by atoms with Gasteiger partial charge < -0.3 is 97.5 Å². The molecule has 0 aliphatic rings. The molecule has 0 bridgehead atoms. The van der Waals surface area contributed by atoms with Crippen molar-refractivity contribution in [2.75, 3.05) is 26.2 Å². The molecule has 0 aliphatic heterocycles. The average molecular weight is 1590 g/mol. The minimum absolute atomic E-state index is 0. The summed E-state index contributed by atoms with van der Waals surface area (Å²) in [7, 11) is 0. The topological polar surface area (TPSA) is 535 Å². The minimum Gasteiger partial charge on any atom is -0.508 e. The quantitative estimate of drug-likeness (QED) is 0.0156. The van der Waals surface area contributed by atoms with E-state index in [0.717, 1.165) is 27.8 Å². The second-order valence-corrected chi connectivity index (χ2v) is 28.6. The average Bonchev–Trinajstić information content (AvgIpc) is 0.831. The van der Waals surface area contributed by atoms with Gasteiger partial charge in [-0.1, -0.05) is 60.7 Å². The number of nitrogens with two attached hydrogens (primary N) is 8. The van der Waals surface area contributed by atoms with E-state index in [2.05, 4.69) is 41.9 Å². The van der Waals surface area contributed by atoms with E-state index in [4.69, 9.17) is 55.3 Å². The maximum Gasteiger partial charge on any atom is 0.408 e. The molecule has 33 heteroatoms. The van der Waals surface area contributed by atoms with Crippen LogP contribution in [0, 0.1) is 39.5 Å². The summed E-state index contributed by atoms with van der Waals surface area (Å²) < 4.78 is 10.7. The predicted molar refractivity (Wildman–Crippen MR) is 429 cm³/mol. The van der Waals surface area contributed by atoms with E-state index in [-0.39, 0.29) is 137 Å². The summed E-state index contributed by atoms with van der Waals surface area (Å²) in [6.07, 6.45) is 2.04. The zero-order chi connectivity index (χ0) is 79.4. The molecular weight excluding hydrogens is 1470 g/mol. The Morgan fingerprint density at radius 1 is 0.440 bits per heavy atom. The highest BCUT2D eigenvalue weighted by molar-refractivity contribution is 5.96. The number of aromatic hydroxyl groups is 2. The molecule has 0 saturated heterocycles. The van der Waals surface area contributed by atoms with Gasteiger partial charge in [-0.05, 0) is 222 Å². The number of benzene rings is 4. The van der Waals surface area contributed by atoms with Crippen molar-refractivity contribution in [2.45, 2.75) is 219 Å². The number of phenolic OH excluding ortho intramolecular Hbond substituents is 2. The normalized spacial score (nSPS) is 13.1. The van der Waals surface area contributed by atoms with Crippen LogP contribution in [0.5, 0.6) is 11.5 Å². The lowest BCUT2D eigenvalue weighted by molar-refractivity contribution is -0.134. The van der Waals surface area contributed by atoms with Crippen LogP contribution in [0.2, 0.25) is 0 Å². The predicted octanol–water partition coefficient (Wildman–Crippen LogP) is 5.07. The maximum atomic E-state index is 14.5. The molecule has 4 rings (SSSR count). The molecule has 0 fully saturated rings. The monoisotopic (exact) mass is 1580 g/mol. The van der Waals surface area contributed by atoms with E-state index in [1.54, 1.807) is 104 Å². The second-order valence-electron chi connectivity index (χ2n) is 28.6. The molecule has 0 heterocycles. The number of aliphatic imine (C=N–C) groups is 2. The van der Waals surface area contributed by atoms with Crippen molar-refractivity contribution in [3.63, 3.8) is 0 Å². The number of phenols is 2. The lowest BCUT2D eigenvalue weighted by Gasteiger charge is -2.27. The lowest BCUT2D eigenvalue weighted by Crippen LogP contribution is -2.54. The number of primary amides is 2. The Balaban J connectivity index is 0.00000215. The number of ketones is 2. The summed E-state index contributed by atoms with van der Waals surface area (Å²) in [6, 6.07) is 18.2. The van der Waals surface area contributed by atoms with Crippen molar-refractivity contribution in [3.05, 3.63) is 129 Å². The number of nitrogens with zero attached hydrogens (tertiary/aromatic N) is 2. The Morgan fingerprint density at radius 3 is 1.17 bits per heavy atom. The Kier molecular flexibility index (Phi) is 45.9. The van der Waals surface area contributed by atoms with E-state index in [1.165, 1.54) is 0 Å². The van der Waals surface area contributed by atoms with Crippen molar-refractivity contribution < 1.29 is 67.6 Å². The van der Waals surface area contributed by atoms with Gasteiger partial charge in [-0.3, -0.25) is 48.3 Å². The molecule has 0 radical (unpaired) electrons. The number of unbranched alkanes of at least 4 members (excludes halogenated alkanes) is 2. The fourth-order valence-electron chi connectivity index (χ4n) is 11.6. The number of guanidine groups is 2. The van der Waals surface area contributed by atoms with E-state index in [9.17, 15) is 58.2 Å². The maximum absolute atomic E-state index is 14.5. The molecule has 109 heavy (non-hydrogen) atoms. The first kappa shape index (κ1) is 99.5. The fraction of sp³-hybridized carbons (Fsp3) is 0.526. The number of ether oxygens (including phenoxy) is 2. The smallest absolute Gasteiger partial charge is 0.408 e. The zero-order valence-electron chi connectivity index (χ0n) is 64.4. The number of aryl methyl sites for hydroxylation is 4. The lowest BCUT2D eigenvalue weighted by atomic mass is 9.86. The van der Waals surface area contributed by atoms with Crippen molar-refractivity contribution in [2.24, 2.45) is 67.7 Å². The van der Waals surface area contributed by atoms with E-state index >= 15 is 0 Å². The summed E-state index contributed by atoms with van der Waals surface area (Å²) in [4.78, 5) is 141. The van der Waals surface area contributed by atoms with Crippen LogP contribution in [0.3, 0.4) is 0 Å². The van der Waals surface area contributed by atoms with Gasteiger partial charge in [-0.25, -0.2) is 9.59 Å². The van der Waals surface area contributed by atoms with Crippen LogP contribution >= 0.6 is 37.2 Å². The van der Waals surface area contributed by atoms with Gasteiger partial charge in [-0.15, -0.1) is 37.2 Å². The highest BCUT2D eigenvalue weighted by atomic mass is 35.5. The van der Waals surface area contributed by atoms with Gasteiger partial charge in [0.05, 0.1) is 12.1 Å². The third kappa shape index (κ3) is 40.0. The Labute approximate surface area is 658 Å². The fourth-order valence-corrected chi connectivity index (χ4v) is 11.6. The third-order valence-electron chi connectivity index (χ3n) is 17.0. The molecule has 0 saturated carbocycles.